The fraction of sp³-hybridized carbons (Fsp3) is 0.316. The van der Waals surface area contributed by atoms with Crippen molar-refractivity contribution in [3.05, 3.63) is 53.4 Å². The number of H-pyrrole nitrogens is 1. The summed E-state index contributed by atoms with van der Waals surface area (Å²) >= 11 is 6.14. The number of rotatable bonds is 4. The SMILES string of the molecule is O=C(O)C(c1c[nH]c2ccc(Cl)cc12)N1CCCN(c2ncccn2)CC1. The number of nitrogens with zero attached hydrogens (tertiary/aromatic N) is 4. The van der Waals surface area contributed by atoms with Crippen LogP contribution in [-0.2, 0) is 4.79 Å². The van der Waals surface area contributed by atoms with Crippen LogP contribution in [0.4, 0.5) is 5.95 Å². The molecule has 1 aliphatic heterocycles. The van der Waals surface area contributed by atoms with Crippen LogP contribution >= 0.6 is 11.6 Å². The highest BCUT2D eigenvalue weighted by Gasteiger charge is 2.31. The van der Waals surface area contributed by atoms with Crippen LogP contribution < -0.4 is 4.90 Å². The van der Waals surface area contributed by atoms with E-state index in [9.17, 15) is 9.90 Å². The fourth-order valence-electron chi connectivity index (χ4n) is 3.68. The molecule has 1 atom stereocenters. The highest BCUT2D eigenvalue weighted by Crippen LogP contribution is 2.31. The standard InChI is InChI=1S/C19H20ClN5O2/c20-13-3-4-16-14(11-13)15(12-23-16)17(18(26)27)24-7-2-8-25(10-9-24)19-21-5-1-6-22-19/h1,3-6,11-12,17,23H,2,7-10H2,(H,26,27). The molecular weight excluding hydrogens is 366 g/mol. The quantitative estimate of drug-likeness (QED) is 0.718. The Morgan fingerprint density at radius 3 is 2.78 bits per heavy atom. The van der Waals surface area contributed by atoms with Crippen molar-refractivity contribution in [1.29, 1.82) is 0 Å². The molecule has 3 heterocycles. The molecule has 27 heavy (non-hydrogen) atoms. The Bertz CT molecular complexity index is 946. The normalized spacial score (nSPS) is 17.0. The molecule has 1 fully saturated rings. The predicted octanol–water partition coefficient (Wildman–Crippen LogP) is 2.95. The average molecular weight is 386 g/mol. The lowest BCUT2D eigenvalue weighted by atomic mass is 10.0. The minimum Gasteiger partial charge on any atom is -0.480 e. The zero-order chi connectivity index (χ0) is 18.8. The van der Waals surface area contributed by atoms with Crippen LogP contribution in [0.15, 0.2) is 42.9 Å². The van der Waals surface area contributed by atoms with E-state index in [1.165, 1.54) is 0 Å². The van der Waals surface area contributed by atoms with Crippen molar-refractivity contribution in [3.63, 3.8) is 0 Å². The molecule has 140 valence electrons. The number of nitrogens with one attached hydrogen (secondary N) is 1. The van der Waals surface area contributed by atoms with E-state index in [4.69, 9.17) is 11.6 Å². The lowest BCUT2D eigenvalue weighted by Crippen LogP contribution is -2.37. The molecule has 0 aliphatic carbocycles. The zero-order valence-electron chi connectivity index (χ0n) is 14.7. The molecule has 1 saturated heterocycles. The van der Waals surface area contributed by atoms with Crippen molar-refractivity contribution >= 4 is 34.4 Å². The van der Waals surface area contributed by atoms with E-state index < -0.39 is 12.0 Å². The molecule has 0 saturated carbocycles. The number of benzene rings is 1. The summed E-state index contributed by atoms with van der Waals surface area (Å²) in [6.07, 6.45) is 6.06. The molecule has 4 rings (SSSR count). The summed E-state index contributed by atoms with van der Waals surface area (Å²) in [7, 11) is 0. The minimum absolute atomic E-state index is 0.593. The van der Waals surface area contributed by atoms with Crippen molar-refractivity contribution in [2.24, 2.45) is 0 Å². The third-order valence-electron chi connectivity index (χ3n) is 4.93. The molecule has 1 aromatic carbocycles. The van der Waals surface area contributed by atoms with Crippen molar-refractivity contribution in [1.82, 2.24) is 19.9 Å². The van der Waals surface area contributed by atoms with Gasteiger partial charge in [-0.25, -0.2) is 9.97 Å². The summed E-state index contributed by atoms with van der Waals surface area (Å²) in [6, 6.07) is 6.55. The first-order valence-corrected chi connectivity index (χ1v) is 9.26. The van der Waals surface area contributed by atoms with Gasteiger partial charge in [0.2, 0.25) is 5.95 Å². The summed E-state index contributed by atoms with van der Waals surface area (Å²) in [5, 5.41) is 11.4. The molecule has 1 unspecified atom stereocenters. The molecule has 7 nitrogen and oxygen atoms in total. The van der Waals surface area contributed by atoms with Gasteiger partial charge in [0.25, 0.3) is 0 Å². The Kier molecular flexibility index (Phi) is 4.96. The van der Waals surface area contributed by atoms with Gasteiger partial charge in [0.1, 0.15) is 6.04 Å². The number of carbonyl (C=O) groups is 1. The smallest absolute Gasteiger partial charge is 0.325 e. The first kappa shape index (κ1) is 17.8. The number of anilines is 1. The van der Waals surface area contributed by atoms with Crippen molar-refractivity contribution in [2.45, 2.75) is 12.5 Å². The summed E-state index contributed by atoms with van der Waals surface area (Å²) in [5.41, 5.74) is 1.62. The highest BCUT2D eigenvalue weighted by molar-refractivity contribution is 6.31. The first-order chi connectivity index (χ1) is 13.1. The van der Waals surface area contributed by atoms with Crippen LogP contribution in [0.5, 0.6) is 0 Å². The second-order valence-electron chi connectivity index (χ2n) is 6.60. The Hall–Kier alpha value is -2.64. The van der Waals surface area contributed by atoms with E-state index in [2.05, 4.69) is 19.9 Å². The topological polar surface area (TPSA) is 85.4 Å². The van der Waals surface area contributed by atoms with Gasteiger partial charge in [-0.3, -0.25) is 9.69 Å². The summed E-state index contributed by atoms with van der Waals surface area (Å²) in [6.45, 7) is 2.78. The van der Waals surface area contributed by atoms with Crippen LogP contribution in [0.3, 0.4) is 0 Å². The van der Waals surface area contributed by atoms with Crippen LogP contribution in [0, 0.1) is 0 Å². The summed E-state index contributed by atoms with van der Waals surface area (Å²) in [4.78, 5) is 28.1. The second-order valence-corrected chi connectivity index (χ2v) is 7.04. The number of aromatic amines is 1. The van der Waals surface area contributed by atoms with Crippen LogP contribution in [0.1, 0.15) is 18.0 Å². The highest BCUT2D eigenvalue weighted by atomic mass is 35.5. The van der Waals surface area contributed by atoms with E-state index in [0.717, 1.165) is 29.4 Å². The van der Waals surface area contributed by atoms with Gasteiger partial charge in [0, 0.05) is 66.3 Å². The van der Waals surface area contributed by atoms with Gasteiger partial charge in [0.15, 0.2) is 0 Å². The van der Waals surface area contributed by atoms with E-state index in [0.29, 0.717) is 30.6 Å². The first-order valence-electron chi connectivity index (χ1n) is 8.89. The predicted molar refractivity (Wildman–Crippen MR) is 104 cm³/mol. The van der Waals surface area contributed by atoms with Crippen molar-refractivity contribution in [2.75, 3.05) is 31.1 Å². The molecule has 0 amide bonds. The third kappa shape index (κ3) is 3.61. The number of fused-ring (bicyclic) bond motifs is 1. The Balaban J connectivity index is 1.61. The lowest BCUT2D eigenvalue weighted by molar-refractivity contribution is -0.143. The average Bonchev–Trinajstić information content (AvgIpc) is 2.91. The molecule has 1 aliphatic rings. The maximum atomic E-state index is 12.2. The Labute approximate surface area is 161 Å². The molecule has 2 N–H and O–H groups in total. The molecule has 0 spiro atoms. The minimum atomic E-state index is -0.861. The summed E-state index contributed by atoms with van der Waals surface area (Å²) < 4.78 is 0. The van der Waals surface area contributed by atoms with Crippen molar-refractivity contribution < 1.29 is 9.90 Å². The van der Waals surface area contributed by atoms with Crippen LogP contribution in [-0.4, -0.2) is 57.1 Å². The lowest BCUT2D eigenvalue weighted by Gasteiger charge is -2.27. The molecule has 2 aromatic heterocycles. The van der Waals surface area contributed by atoms with Gasteiger partial charge in [-0.05, 0) is 30.7 Å². The van der Waals surface area contributed by atoms with E-state index in [1.807, 2.05) is 17.0 Å². The van der Waals surface area contributed by atoms with Gasteiger partial charge in [-0.15, -0.1) is 0 Å². The fourth-order valence-corrected chi connectivity index (χ4v) is 3.85. The largest absolute Gasteiger partial charge is 0.480 e. The number of halogens is 1. The van der Waals surface area contributed by atoms with Crippen LogP contribution in [0.2, 0.25) is 5.02 Å². The second kappa shape index (κ2) is 7.54. The Morgan fingerprint density at radius 2 is 2.00 bits per heavy atom. The van der Waals surface area contributed by atoms with E-state index in [-0.39, 0.29) is 0 Å². The van der Waals surface area contributed by atoms with E-state index in [1.54, 1.807) is 30.7 Å². The number of hydrogen-bond donors (Lipinski definition) is 2. The number of aliphatic carboxylic acids is 1. The molecule has 3 aromatic rings. The van der Waals surface area contributed by atoms with Gasteiger partial charge < -0.3 is 15.0 Å². The molecular formula is C19H20ClN5O2. The van der Waals surface area contributed by atoms with Gasteiger partial charge >= 0.3 is 5.97 Å². The van der Waals surface area contributed by atoms with Crippen LogP contribution in [0.25, 0.3) is 10.9 Å². The number of carboxylic acids is 1. The number of hydrogen-bond acceptors (Lipinski definition) is 5. The maximum Gasteiger partial charge on any atom is 0.325 e. The zero-order valence-corrected chi connectivity index (χ0v) is 15.4. The maximum absolute atomic E-state index is 12.2. The monoisotopic (exact) mass is 385 g/mol. The molecule has 8 heteroatoms. The third-order valence-corrected chi connectivity index (χ3v) is 5.17. The number of carboxylic acid groups (broad SMARTS) is 1. The number of aromatic nitrogens is 3. The van der Waals surface area contributed by atoms with Gasteiger partial charge in [-0.2, -0.15) is 0 Å². The Morgan fingerprint density at radius 1 is 1.19 bits per heavy atom. The summed E-state index contributed by atoms with van der Waals surface area (Å²) in [5.74, 6) is -0.176. The van der Waals surface area contributed by atoms with E-state index >= 15 is 0 Å². The van der Waals surface area contributed by atoms with Crippen molar-refractivity contribution in [3.8, 4) is 0 Å². The van der Waals surface area contributed by atoms with Gasteiger partial charge in [-0.1, -0.05) is 11.6 Å². The molecule has 0 radical (unpaired) electrons. The van der Waals surface area contributed by atoms with Gasteiger partial charge in [0.05, 0.1) is 0 Å². The molecule has 0 bridgehead atoms.